The highest BCUT2D eigenvalue weighted by molar-refractivity contribution is 7.53. The van der Waals surface area contributed by atoms with Crippen LogP contribution in [0.4, 0.5) is 0 Å². The second-order valence-corrected chi connectivity index (χ2v) is 9.08. The average Bonchev–Trinajstić information content (AvgIpc) is 2.05. The predicted molar refractivity (Wildman–Crippen MR) is 58.5 cm³/mol. The molecule has 0 nitrogen and oxygen atoms in total. The molecule has 0 aliphatic heterocycles. The van der Waals surface area contributed by atoms with E-state index in [-0.39, 0.29) is 0 Å². The fraction of sp³-hybridized carbons (Fsp3) is 0.111. The summed E-state index contributed by atoms with van der Waals surface area (Å²) in [5, 5.41) is 0.992. The molecule has 64 valence electrons. The maximum Gasteiger partial charge on any atom is 0.302 e. The standard InChI is InChI=1S/C9H10Cl2Si/c1-3-12(10,11)9-6-4-8(2)5-7-9/h3-7H,1H2,2H3. The molecule has 0 saturated heterocycles. The van der Waals surface area contributed by atoms with Crippen molar-refractivity contribution in [2.75, 3.05) is 0 Å². The number of hydrogen-bond acceptors (Lipinski definition) is 0. The zero-order valence-corrected chi connectivity index (χ0v) is 9.36. The van der Waals surface area contributed by atoms with E-state index < -0.39 is 6.69 Å². The largest absolute Gasteiger partial charge is 0.302 e. The van der Waals surface area contributed by atoms with Crippen molar-refractivity contribution < 1.29 is 0 Å². The van der Waals surface area contributed by atoms with Crippen LogP contribution in [0.3, 0.4) is 0 Å². The minimum atomic E-state index is -2.37. The lowest BCUT2D eigenvalue weighted by atomic mass is 10.2. The SMILES string of the molecule is C=C[Si](Cl)(Cl)c1ccc(C)cc1. The van der Waals surface area contributed by atoms with E-state index in [1.54, 1.807) is 5.70 Å². The molecule has 0 aliphatic carbocycles. The van der Waals surface area contributed by atoms with E-state index in [4.69, 9.17) is 22.2 Å². The molecule has 1 aromatic carbocycles. The maximum atomic E-state index is 6.08. The van der Waals surface area contributed by atoms with E-state index in [1.807, 2.05) is 31.2 Å². The van der Waals surface area contributed by atoms with Crippen molar-refractivity contribution in [3.8, 4) is 0 Å². The molecule has 0 N–H and O–H groups in total. The Hall–Kier alpha value is -0.243. The molecular formula is C9H10Cl2Si. The molecule has 0 radical (unpaired) electrons. The van der Waals surface area contributed by atoms with Crippen LogP contribution in [0.15, 0.2) is 36.5 Å². The van der Waals surface area contributed by atoms with E-state index in [2.05, 4.69) is 6.58 Å². The van der Waals surface area contributed by atoms with Gasteiger partial charge in [-0.05, 0) is 12.1 Å². The van der Waals surface area contributed by atoms with E-state index in [0.717, 1.165) is 5.19 Å². The minimum Gasteiger partial charge on any atom is -0.134 e. The molecule has 0 fully saturated rings. The van der Waals surface area contributed by atoms with Crippen molar-refractivity contribution in [3.63, 3.8) is 0 Å². The Morgan fingerprint density at radius 2 is 1.75 bits per heavy atom. The zero-order valence-electron chi connectivity index (χ0n) is 6.85. The van der Waals surface area contributed by atoms with Crippen LogP contribution in [-0.4, -0.2) is 6.69 Å². The molecular weight excluding hydrogens is 207 g/mol. The van der Waals surface area contributed by atoms with Crippen LogP contribution < -0.4 is 5.19 Å². The van der Waals surface area contributed by atoms with Crippen LogP contribution in [0.2, 0.25) is 0 Å². The molecule has 0 heterocycles. The van der Waals surface area contributed by atoms with Crippen molar-refractivity contribution in [2.45, 2.75) is 6.92 Å². The Balaban J connectivity index is 3.04. The van der Waals surface area contributed by atoms with E-state index in [0.29, 0.717) is 0 Å². The highest BCUT2D eigenvalue weighted by atomic mass is 35.7. The van der Waals surface area contributed by atoms with Gasteiger partial charge in [-0.25, -0.2) is 0 Å². The first kappa shape index (κ1) is 9.84. The van der Waals surface area contributed by atoms with Crippen LogP contribution in [0, 0.1) is 6.92 Å². The van der Waals surface area contributed by atoms with Gasteiger partial charge in [0.15, 0.2) is 0 Å². The minimum absolute atomic E-state index is 0.992. The molecule has 0 saturated carbocycles. The van der Waals surface area contributed by atoms with Crippen LogP contribution in [0.5, 0.6) is 0 Å². The molecule has 1 rings (SSSR count). The van der Waals surface area contributed by atoms with Crippen LogP contribution >= 0.6 is 22.2 Å². The molecule has 12 heavy (non-hydrogen) atoms. The lowest BCUT2D eigenvalue weighted by Crippen LogP contribution is -2.33. The summed E-state index contributed by atoms with van der Waals surface area (Å²) in [4.78, 5) is 0. The first-order valence-electron chi connectivity index (χ1n) is 3.65. The summed E-state index contributed by atoms with van der Waals surface area (Å²) < 4.78 is 0. The first-order chi connectivity index (χ1) is 5.56. The van der Waals surface area contributed by atoms with Gasteiger partial charge in [0.05, 0.1) is 0 Å². The summed E-state index contributed by atoms with van der Waals surface area (Å²) in [5.74, 6) is 0. The Kier molecular flexibility index (Phi) is 2.99. The van der Waals surface area contributed by atoms with Gasteiger partial charge in [-0.2, -0.15) is 0 Å². The molecule has 0 amide bonds. The van der Waals surface area contributed by atoms with Crippen LogP contribution in [0.25, 0.3) is 0 Å². The molecule has 1 aromatic rings. The molecule has 0 aliphatic rings. The highest BCUT2D eigenvalue weighted by Crippen LogP contribution is 2.15. The van der Waals surface area contributed by atoms with Crippen molar-refractivity contribution in [1.29, 1.82) is 0 Å². The smallest absolute Gasteiger partial charge is 0.134 e. The number of hydrogen-bond donors (Lipinski definition) is 0. The lowest BCUT2D eigenvalue weighted by Gasteiger charge is -2.11. The first-order valence-corrected chi connectivity index (χ1v) is 7.75. The number of aryl methyl sites for hydroxylation is 1. The van der Waals surface area contributed by atoms with E-state index in [1.165, 1.54) is 5.56 Å². The normalized spacial score (nSPS) is 11.2. The molecule has 0 spiro atoms. The number of benzene rings is 1. The third-order valence-electron chi connectivity index (χ3n) is 1.69. The van der Waals surface area contributed by atoms with Gasteiger partial charge in [-0.15, -0.1) is 28.7 Å². The number of rotatable bonds is 2. The van der Waals surface area contributed by atoms with Crippen LogP contribution in [-0.2, 0) is 0 Å². The quantitative estimate of drug-likeness (QED) is 0.527. The second kappa shape index (κ2) is 3.65. The predicted octanol–water partition coefficient (Wildman–Crippen LogP) is 2.85. The van der Waals surface area contributed by atoms with Gasteiger partial charge in [0.2, 0.25) is 0 Å². The second-order valence-electron chi connectivity index (χ2n) is 2.69. The van der Waals surface area contributed by atoms with Gasteiger partial charge in [0.1, 0.15) is 0 Å². The monoisotopic (exact) mass is 216 g/mol. The molecule has 3 heteroatoms. The van der Waals surface area contributed by atoms with Gasteiger partial charge in [-0.1, -0.05) is 35.5 Å². The van der Waals surface area contributed by atoms with Gasteiger partial charge >= 0.3 is 6.69 Å². The van der Waals surface area contributed by atoms with E-state index >= 15 is 0 Å². The van der Waals surface area contributed by atoms with Gasteiger partial charge < -0.3 is 0 Å². The summed E-state index contributed by atoms with van der Waals surface area (Å²) in [6, 6.07) is 7.93. The third kappa shape index (κ3) is 2.13. The Labute approximate surface area is 83.2 Å². The zero-order chi connectivity index (χ0) is 9.19. The summed E-state index contributed by atoms with van der Waals surface area (Å²) in [7, 11) is 0. The maximum absolute atomic E-state index is 6.08. The Bertz CT molecular complexity index is 277. The van der Waals surface area contributed by atoms with Crippen molar-refractivity contribution in [1.82, 2.24) is 0 Å². The summed E-state index contributed by atoms with van der Waals surface area (Å²) in [6.07, 6.45) is 0. The fourth-order valence-corrected chi connectivity index (χ4v) is 2.50. The number of halogens is 2. The van der Waals surface area contributed by atoms with Gasteiger partial charge in [0, 0.05) is 0 Å². The molecule has 0 unspecified atom stereocenters. The van der Waals surface area contributed by atoms with Crippen LogP contribution in [0.1, 0.15) is 5.56 Å². The highest BCUT2D eigenvalue weighted by Gasteiger charge is 2.26. The summed E-state index contributed by atoms with van der Waals surface area (Å²) >= 11 is 12.2. The Morgan fingerprint density at radius 1 is 1.25 bits per heavy atom. The molecule has 0 bridgehead atoms. The van der Waals surface area contributed by atoms with Gasteiger partial charge in [-0.3, -0.25) is 0 Å². The molecule has 0 aromatic heterocycles. The summed E-state index contributed by atoms with van der Waals surface area (Å²) in [5.41, 5.74) is 2.86. The third-order valence-corrected chi connectivity index (χ3v) is 5.54. The fourth-order valence-electron chi connectivity index (χ4n) is 0.894. The van der Waals surface area contributed by atoms with Crippen molar-refractivity contribution >= 4 is 34.0 Å². The van der Waals surface area contributed by atoms with Crippen molar-refractivity contribution in [2.24, 2.45) is 0 Å². The topological polar surface area (TPSA) is 0 Å². The van der Waals surface area contributed by atoms with Gasteiger partial charge in [0.25, 0.3) is 0 Å². The molecule has 0 atom stereocenters. The van der Waals surface area contributed by atoms with E-state index in [9.17, 15) is 0 Å². The average molecular weight is 217 g/mol. The lowest BCUT2D eigenvalue weighted by molar-refractivity contribution is 1.49. The summed E-state index contributed by atoms with van der Waals surface area (Å²) in [6.45, 7) is 3.29. The van der Waals surface area contributed by atoms with Crippen molar-refractivity contribution in [3.05, 3.63) is 42.1 Å². The Morgan fingerprint density at radius 3 is 2.17 bits per heavy atom.